The minimum absolute atomic E-state index is 0.0117. The summed E-state index contributed by atoms with van der Waals surface area (Å²) >= 11 is 1.32. The van der Waals surface area contributed by atoms with E-state index in [4.69, 9.17) is 10.6 Å². The minimum atomic E-state index is -0.0117. The van der Waals surface area contributed by atoms with Crippen molar-refractivity contribution in [1.29, 1.82) is 0 Å². The number of hydrazine groups is 1. The summed E-state index contributed by atoms with van der Waals surface area (Å²) in [5.74, 6) is 5.37. The van der Waals surface area contributed by atoms with Crippen LogP contribution in [-0.2, 0) is 4.74 Å². The number of hydrogen-bond acceptors (Lipinski definition) is 6. The highest BCUT2D eigenvalue weighted by Gasteiger charge is 2.12. The molecule has 1 heterocycles. The van der Waals surface area contributed by atoms with Gasteiger partial charge in [-0.3, -0.25) is 5.84 Å². The monoisotopic (exact) mass is 202 g/mol. The molecule has 13 heavy (non-hydrogen) atoms. The summed E-state index contributed by atoms with van der Waals surface area (Å²) in [6, 6.07) is -0.0117. The fourth-order valence-electron chi connectivity index (χ4n) is 0.829. The molecule has 0 aliphatic heterocycles. The number of nitrogens with two attached hydrogens (primary N) is 1. The molecule has 6 heteroatoms. The van der Waals surface area contributed by atoms with Crippen molar-refractivity contribution < 1.29 is 4.74 Å². The summed E-state index contributed by atoms with van der Waals surface area (Å²) < 4.78 is 9.19. The van der Waals surface area contributed by atoms with Crippen LogP contribution in [0.1, 0.15) is 24.8 Å². The fraction of sp³-hybridized carbons (Fsp3) is 0.714. The van der Waals surface area contributed by atoms with Gasteiger partial charge in [0, 0.05) is 0 Å². The van der Waals surface area contributed by atoms with Gasteiger partial charge in [0.25, 0.3) is 0 Å². The highest BCUT2D eigenvalue weighted by atomic mass is 32.1. The fourth-order valence-corrected chi connectivity index (χ4v) is 1.38. The van der Waals surface area contributed by atoms with E-state index < -0.39 is 0 Å². The van der Waals surface area contributed by atoms with E-state index in [-0.39, 0.29) is 12.1 Å². The zero-order chi connectivity index (χ0) is 9.68. The topological polar surface area (TPSA) is 73.1 Å². The number of nitrogens with zero attached hydrogens (tertiary/aromatic N) is 2. The van der Waals surface area contributed by atoms with Gasteiger partial charge in [-0.05, 0) is 25.4 Å². The maximum Gasteiger partial charge on any atom is 0.0818 e. The van der Waals surface area contributed by atoms with Gasteiger partial charge in [-0.15, -0.1) is 5.10 Å². The molecule has 0 aliphatic rings. The molecule has 0 saturated heterocycles. The van der Waals surface area contributed by atoms with Crippen LogP contribution in [0.4, 0.5) is 0 Å². The number of rotatable bonds is 5. The van der Waals surface area contributed by atoms with Gasteiger partial charge in [0.05, 0.1) is 29.8 Å². The molecule has 0 aromatic carbocycles. The Balaban J connectivity index is 2.44. The summed E-state index contributed by atoms with van der Waals surface area (Å²) in [4.78, 5) is 0.989. The molecular formula is C7H14N4OS. The summed E-state index contributed by atoms with van der Waals surface area (Å²) in [6.45, 7) is 4.51. The van der Waals surface area contributed by atoms with Crippen molar-refractivity contribution in [2.24, 2.45) is 5.84 Å². The van der Waals surface area contributed by atoms with Crippen LogP contribution in [0.15, 0.2) is 6.20 Å². The summed E-state index contributed by atoms with van der Waals surface area (Å²) in [6.07, 6.45) is 1.90. The lowest BCUT2D eigenvalue weighted by molar-refractivity contribution is 0.0617. The molecular weight excluding hydrogens is 188 g/mol. The molecule has 0 saturated carbocycles. The van der Waals surface area contributed by atoms with Gasteiger partial charge in [-0.25, -0.2) is 5.43 Å². The van der Waals surface area contributed by atoms with Crippen LogP contribution < -0.4 is 11.3 Å². The number of aromatic nitrogens is 2. The first-order valence-corrected chi connectivity index (χ1v) is 4.86. The lowest BCUT2D eigenvalue weighted by atomic mass is 10.3. The Morgan fingerprint density at radius 1 is 1.69 bits per heavy atom. The van der Waals surface area contributed by atoms with E-state index in [1.165, 1.54) is 11.5 Å². The summed E-state index contributed by atoms with van der Waals surface area (Å²) in [7, 11) is 0. The first-order chi connectivity index (χ1) is 6.24. The van der Waals surface area contributed by atoms with E-state index in [1.54, 1.807) is 6.20 Å². The van der Waals surface area contributed by atoms with Gasteiger partial charge in [-0.1, -0.05) is 4.49 Å². The van der Waals surface area contributed by atoms with Gasteiger partial charge in [0.2, 0.25) is 0 Å². The van der Waals surface area contributed by atoms with Crippen molar-refractivity contribution in [3.63, 3.8) is 0 Å². The second-order valence-corrected chi connectivity index (χ2v) is 3.74. The third-order valence-electron chi connectivity index (χ3n) is 1.52. The average Bonchev–Trinajstić information content (AvgIpc) is 2.58. The van der Waals surface area contributed by atoms with Crippen LogP contribution in [0.25, 0.3) is 0 Å². The highest BCUT2D eigenvalue weighted by Crippen LogP contribution is 2.14. The Bertz CT molecular complexity index is 226. The second kappa shape index (κ2) is 5.23. The van der Waals surface area contributed by atoms with Crippen LogP contribution in [0.2, 0.25) is 0 Å². The van der Waals surface area contributed by atoms with Crippen molar-refractivity contribution in [1.82, 2.24) is 15.0 Å². The normalized spacial score (nSPS) is 13.5. The predicted octanol–water partition coefficient (Wildman–Crippen LogP) is 0.468. The van der Waals surface area contributed by atoms with Crippen LogP contribution in [0, 0.1) is 0 Å². The lowest BCUT2D eigenvalue weighted by Gasteiger charge is -2.15. The van der Waals surface area contributed by atoms with Crippen molar-refractivity contribution in [3.8, 4) is 0 Å². The number of hydrogen-bond donors (Lipinski definition) is 2. The SMILES string of the molecule is CC(C)OCC(NN)c1cnns1. The number of nitrogens with one attached hydrogen (secondary N) is 1. The van der Waals surface area contributed by atoms with Gasteiger partial charge in [0.15, 0.2) is 0 Å². The smallest absolute Gasteiger partial charge is 0.0818 e. The summed E-state index contributed by atoms with van der Waals surface area (Å²) in [5.41, 5.74) is 2.67. The second-order valence-electron chi connectivity index (χ2n) is 2.92. The molecule has 0 fully saturated rings. The highest BCUT2D eigenvalue weighted by molar-refractivity contribution is 7.05. The predicted molar refractivity (Wildman–Crippen MR) is 51.1 cm³/mol. The Kier molecular flexibility index (Phi) is 4.23. The average molecular weight is 202 g/mol. The third-order valence-corrected chi connectivity index (χ3v) is 2.30. The molecule has 74 valence electrons. The van der Waals surface area contributed by atoms with Crippen molar-refractivity contribution in [3.05, 3.63) is 11.1 Å². The molecule has 3 N–H and O–H groups in total. The Morgan fingerprint density at radius 3 is 2.92 bits per heavy atom. The molecule has 1 unspecified atom stereocenters. The Labute approximate surface area is 81.4 Å². The molecule has 0 spiro atoms. The summed E-state index contributed by atoms with van der Waals surface area (Å²) in [5, 5.41) is 3.74. The molecule has 1 aromatic rings. The van der Waals surface area contributed by atoms with Gasteiger partial charge < -0.3 is 4.74 Å². The first kappa shape index (κ1) is 10.5. The first-order valence-electron chi connectivity index (χ1n) is 4.09. The molecule has 0 radical (unpaired) electrons. The van der Waals surface area contributed by atoms with Gasteiger partial charge in [-0.2, -0.15) is 0 Å². The standard InChI is InChI=1S/C7H14N4OS/c1-5(2)12-4-6(10-8)7-3-9-11-13-7/h3,5-6,10H,4,8H2,1-2H3. The lowest BCUT2D eigenvalue weighted by Crippen LogP contribution is -2.31. The molecule has 0 aliphatic carbocycles. The molecule has 0 bridgehead atoms. The number of ether oxygens (including phenoxy) is 1. The van der Waals surface area contributed by atoms with Crippen LogP contribution in [-0.4, -0.2) is 22.3 Å². The van der Waals surface area contributed by atoms with E-state index in [2.05, 4.69) is 15.0 Å². The van der Waals surface area contributed by atoms with Crippen molar-refractivity contribution >= 4 is 11.5 Å². The van der Waals surface area contributed by atoms with E-state index in [9.17, 15) is 0 Å². The quantitative estimate of drug-likeness (QED) is 0.536. The Morgan fingerprint density at radius 2 is 2.46 bits per heavy atom. The van der Waals surface area contributed by atoms with Crippen LogP contribution >= 0.6 is 11.5 Å². The minimum Gasteiger partial charge on any atom is -0.377 e. The molecule has 0 amide bonds. The van der Waals surface area contributed by atoms with Crippen molar-refractivity contribution in [2.75, 3.05) is 6.61 Å². The Hall–Kier alpha value is -0.560. The van der Waals surface area contributed by atoms with E-state index in [0.29, 0.717) is 6.61 Å². The zero-order valence-corrected chi connectivity index (χ0v) is 8.54. The molecule has 1 atom stereocenters. The molecule has 5 nitrogen and oxygen atoms in total. The van der Waals surface area contributed by atoms with E-state index >= 15 is 0 Å². The van der Waals surface area contributed by atoms with Crippen molar-refractivity contribution in [2.45, 2.75) is 26.0 Å². The molecule has 1 rings (SSSR count). The van der Waals surface area contributed by atoms with Gasteiger partial charge >= 0.3 is 0 Å². The van der Waals surface area contributed by atoms with E-state index in [1.807, 2.05) is 13.8 Å². The molecule has 1 aromatic heterocycles. The van der Waals surface area contributed by atoms with Crippen LogP contribution in [0.5, 0.6) is 0 Å². The van der Waals surface area contributed by atoms with Crippen LogP contribution in [0.3, 0.4) is 0 Å². The maximum absolute atomic E-state index is 5.43. The third kappa shape index (κ3) is 3.35. The van der Waals surface area contributed by atoms with Gasteiger partial charge in [0.1, 0.15) is 0 Å². The van der Waals surface area contributed by atoms with E-state index in [0.717, 1.165) is 4.88 Å². The largest absolute Gasteiger partial charge is 0.377 e. The zero-order valence-electron chi connectivity index (χ0n) is 7.73. The maximum atomic E-state index is 5.43.